The molecule has 2 unspecified atom stereocenters. The summed E-state index contributed by atoms with van der Waals surface area (Å²) in [5.41, 5.74) is -0.141. The fourth-order valence-corrected chi connectivity index (χ4v) is 3.56. The van der Waals surface area contributed by atoms with E-state index in [0.717, 1.165) is 0 Å². The standard InChI is InChI=1S/C13H20N2O3S/c1-13(2,3)12(14-4)9-19(18)11-8-6-5-7-10(11)15(16)17/h5-8,12,14H,9H2,1-4H3. The molecule has 5 nitrogen and oxygen atoms in total. The van der Waals surface area contributed by atoms with Gasteiger partial charge in [-0.05, 0) is 18.5 Å². The molecule has 0 amide bonds. The van der Waals surface area contributed by atoms with E-state index >= 15 is 0 Å². The smallest absolute Gasteiger partial charge is 0.285 e. The van der Waals surface area contributed by atoms with Gasteiger partial charge in [0.15, 0.2) is 0 Å². The predicted molar refractivity (Wildman–Crippen MR) is 76.7 cm³/mol. The van der Waals surface area contributed by atoms with Crippen molar-refractivity contribution in [1.29, 1.82) is 0 Å². The SMILES string of the molecule is CNC(CS(=O)c1ccccc1[N+](=O)[O-])C(C)(C)C. The van der Waals surface area contributed by atoms with Crippen LogP contribution in [0.3, 0.4) is 0 Å². The summed E-state index contributed by atoms with van der Waals surface area (Å²) in [6.45, 7) is 6.14. The second-order valence-corrected chi connectivity index (χ2v) is 6.91. The number of nitro benzene ring substituents is 1. The van der Waals surface area contributed by atoms with Crippen LogP contribution >= 0.6 is 0 Å². The molecule has 0 fully saturated rings. The Balaban J connectivity index is 2.99. The maximum absolute atomic E-state index is 12.4. The lowest BCUT2D eigenvalue weighted by molar-refractivity contribution is -0.387. The number of hydrogen-bond acceptors (Lipinski definition) is 4. The molecule has 2 atom stereocenters. The van der Waals surface area contributed by atoms with Crippen molar-refractivity contribution < 1.29 is 9.13 Å². The summed E-state index contributed by atoms with van der Waals surface area (Å²) in [7, 11) is 0.416. The van der Waals surface area contributed by atoms with Gasteiger partial charge in [-0.1, -0.05) is 32.9 Å². The fourth-order valence-electron chi connectivity index (χ4n) is 1.81. The van der Waals surface area contributed by atoms with Gasteiger partial charge in [-0.3, -0.25) is 14.3 Å². The minimum atomic E-state index is -1.40. The third-order valence-corrected chi connectivity index (χ3v) is 4.49. The molecule has 0 saturated heterocycles. The third-order valence-electron chi connectivity index (χ3n) is 3.02. The van der Waals surface area contributed by atoms with Gasteiger partial charge in [0.25, 0.3) is 5.69 Å². The molecule has 0 bridgehead atoms. The number of nitro groups is 1. The van der Waals surface area contributed by atoms with Crippen LogP contribution in [0.1, 0.15) is 20.8 Å². The molecule has 1 aromatic rings. The van der Waals surface area contributed by atoms with Crippen LogP contribution in [-0.4, -0.2) is 28.0 Å². The molecule has 0 aliphatic rings. The van der Waals surface area contributed by atoms with Crippen LogP contribution in [0, 0.1) is 15.5 Å². The minimum absolute atomic E-state index is 0.0214. The van der Waals surface area contributed by atoms with Gasteiger partial charge in [0.2, 0.25) is 0 Å². The van der Waals surface area contributed by atoms with E-state index in [-0.39, 0.29) is 22.0 Å². The van der Waals surface area contributed by atoms with E-state index in [2.05, 4.69) is 5.32 Å². The molecule has 1 N–H and O–H groups in total. The summed E-state index contributed by atoms with van der Waals surface area (Å²) in [6.07, 6.45) is 0. The first kappa shape index (κ1) is 15.8. The third kappa shape index (κ3) is 4.11. The number of nitrogens with one attached hydrogen (secondary N) is 1. The first-order valence-electron chi connectivity index (χ1n) is 6.06. The first-order chi connectivity index (χ1) is 8.77. The summed E-state index contributed by atoms with van der Waals surface area (Å²) in [4.78, 5) is 10.7. The highest BCUT2D eigenvalue weighted by atomic mass is 32.2. The van der Waals surface area contributed by atoms with E-state index in [1.807, 2.05) is 27.8 Å². The van der Waals surface area contributed by atoms with E-state index in [0.29, 0.717) is 5.75 Å². The molecule has 0 aliphatic carbocycles. The average molecular weight is 284 g/mol. The van der Waals surface area contributed by atoms with E-state index in [4.69, 9.17) is 0 Å². The van der Waals surface area contributed by atoms with Crippen LogP contribution in [0.15, 0.2) is 29.2 Å². The summed E-state index contributed by atoms with van der Waals surface area (Å²) in [6, 6.07) is 6.22. The number of rotatable bonds is 5. The second kappa shape index (κ2) is 6.25. The van der Waals surface area contributed by atoms with Gasteiger partial charge in [-0.25, -0.2) is 0 Å². The topological polar surface area (TPSA) is 72.2 Å². The summed E-state index contributed by atoms with van der Waals surface area (Å²) in [5, 5.41) is 14.1. The Hall–Kier alpha value is -1.27. The number of nitrogens with zero attached hydrogens (tertiary/aromatic N) is 1. The molecular weight excluding hydrogens is 264 g/mol. The Morgan fingerprint density at radius 2 is 1.95 bits per heavy atom. The van der Waals surface area contributed by atoms with Gasteiger partial charge in [0, 0.05) is 17.9 Å². The molecule has 6 heteroatoms. The van der Waals surface area contributed by atoms with E-state index in [1.165, 1.54) is 6.07 Å². The molecule has 0 heterocycles. The van der Waals surface area contributed by atoms with E-state index < -0.39 is 15.7 Å². The summed E-state index contributed by atoms with van der Waals surface area (Å²) in [5.74, 6) is 0.352. The fraction of sp³-hybridized carbons (Fsp3) is 0.538. The van der Waals surface area contributed by atoms with Gasteiger partial charge in [-0.15, -0.1) is 0 Å². The van der Waals surface area contributed by atoms with Gasteiger partial charge < -0.3 is 5.32 Å². The van der Waals surface area contributed by atoms with Crippen molar-refractivity contribution in [3.8, 4) is 0 Å². The average Bonchev–Trinajstić information content (AvgIpc) is 2.34. The van der Waals surface area contributed by atoms with Gasteiger partial charge in [0.05, 0.1) is 15.7 Å². The highest BCUT2D eigenvalue weighted by Crippen LogP contribution is 2.25. The Kier molecular flexibility index (Phi) is 5.20. The lowest BCUT2D eigenvalue weighted by atomic mass is 9.88. The minimum Gasteiger partial charge on any atom is -0.316 e. The van der Waals surface area contributed by atoms with Crippen molar-refractivity contribution in [2.24, 2.45) is 5.41 Å². The molecule has 19 heavy (non-hydrogen) atoms. The van der Waals surface area contributed by atoms with Gasteiger partial charge in [-0.2, -0.15) is 0 Å². The molecule has 0 radical (unpaired) electrons. The van der Waals surface area contributed by atoms with Crippen molar-refractivity contribution in [3.05, 3.63) is 34.4 Å². The molecule has 0 spiro atoms. The highest BCUT2D eigenvalue weighted by Gasteiger charge is 2.27. The summed E-state index contributed by atoms with van der Waals surface area (Å²) >= 11 is 0. The Morgan fingerprint density at radius 1 is 1.37 bits per heavy atom. The van der Waals surface area contributed by atoms with Gasteiger partial charge >= 0.3 is 0 Å². The van der Waals surface area contributed by atoms with Crippen LogP contribution in [-0.2, 0) is 10.8 Å². The first-order valence-corrected chi connectivity index (χ1v) is 7.38. The van der Waals surface area contributed by atoms with Crippen molar-refractivity contribution in [1.82, 2.24) is 5.32 Å². The highest BCUT2D eigenvalue weighted by molar-refractivity contribution is 7.85. The zero-order valence-corrected chi connectivity index (χ0v) is 12.5. The molecule has 0 aromatic heterocycles. The summed E-state index contributed by atoms with van der Waals surface area (Å²) < 4.78 is 12.4. The molecular formula is C13H20N2O3S. The van der Waals surface area contributed by atoms with Crippen molar-refractivity contribution >= 4 is 16.5 Å². The Morgan fingerprint density at radius 3 is 2.42 bits per heavy atom. The van der Waals surface area contributed by atoms with Crippen molar-refractivity contribution in [2.45, 2.75) is 31.7 Å². The molecule has 1 rings (SSSR count). The molecule has 106 valence electrons. The number of hydrogen-bond donors (Lipinski definition) is 1. The van der Waals surface area contributed by atoms with Crippen LogP contribution < -0.4 is 5.32 Å². The number of para-hydroxylation sites is 1. The lowest BCUT2D eigenvalue weighted by Gasteiger charge is -2.29. The predicted octanol–water partition coefficient (Wildman–Crippen LogP) is 2.34. The zero-order chi connectivity index (χ0) is 14.6. The zero-order valence-electron chi connectivity index (χ0n) is 11.7. The van der Waals surface area contributed by atoms with E-state index in [9.17, 15) is 14.3 Å². The maximum atomic E-state index is 12.4. The molecule has 0 saturated carbocycles. The van der Waals surface area contributed by atoms with Crippen molar-refractivity contribution in [3.63, 3.8) is 0 Å². The quantitative estimate of drug-likeness (QED) is 0.665. The van der Waals surface area contributed by atoms with Gasteiger partial charge in [0.1, 0.15) is 4.90 Å². The van der Waals surface area contributed by atoms with Crippen LogP contribution in [0.25, 0.3) is 0 Å². The maximum Gasteiger partial charge on any atom is 0.285 e. The van der Waals surface area contributed by atoms with Crippen LogP contribution in [0.5, 0.6) is 0 Å². The second-order valence-electron chi connectivity index (χ2n) is 5.44. The van der Waals surface area contributed by atoms with Crippen molar-refractivity contribution in [2.75, 3.05) is 12.8 Å². The molecule has 0 aliphatic heterocycles. The number of benzene rings is 1. The normalized spacial score (nSPS) is 14.9. The van der Waals surface area contributed by atoms with Crippen LogP contribution in [0.4, 0.5) is 5.69 Å². The Labute approximate surface area is 116 Å². The Bertz CT molecular complexity index is 483. The largest absolute Gasteiger partial charge is 0.316 e. The lowest BCUT2D eigenvalue weighted by Crippen LogP contribution is -2.42. The monoisotopic (exact) mass is 284 g/mol. The van der Waals surface area contributed by atoms with E-state index in [1.54, 1.807) is 18.2 Å². The van der Waals surface area contributed by atoms with Crippen LogP contribution in [0.2, 0.25) is 0 Å². The molecule has 1 aromatic carbocycles.